The van der Waals surface area contributed by atoms with E-state index in [1.54, 1.807) is 36.4 Å². The number of carbonyl (C=O) groups excluding carboxylic acids is 1. The zero-order valence-corrected chi connectivity index (χ0v) is 12.8. The second-order valence-corrected chi connectivity index (χ2v) is 7.14. The summed E-state index contributed by atoms with van der Waals surface area (Å²) in [6, 6.07) is 13.5. The summed E-state index contributed by atoms with van der Waals surface area (Å²) in [7, 11) is -3.22. The first-order chi connectivity index (χ1) is 10.4. The molecule has 2 aromatic rings. The average molecular weight is 314 g/mol. The van der Waals surface area contributed by atoms with Crippen molar-refractivity contribution in [3.05, 3.63) is 65.2 Å². The normalized spacial score (nSPS) is 16.2. The molecule has 0 N–H and O–H groups in total. The summed E-state index contributed by atoms with van der Waals surface area (Å²) >= 11 is 0. The van der Waals surface area contributed by atoms with Gasteiger partial charge in [-0.05, 0) is 35.9 Å². The molecule has 1 aliphatic rings. The maximum absolute atomic E-state index is 12.4. The van der Waals surface area contributed by atoms with E-state index in [1.165, 1.54) is 12.1 Å². The molecule has 0 spiro atoms. The number of ketones is 1. The highest BCUT2D eigenvalue weighted by atomic mass is 32.2. The number of ether oxygens (including phenoxy) is 1. The quantitative estimate of drug-likeness (QED) is 0.800. The van der Waals surface area contributed by atoms with Gasteiger partial charge in [0.25, 0.3) is 0 Å². The predicted molar refractivity (Wildman–Crippen MR) is 83.8 cm³/mol. The van der Waals surface area contributed by atoms with Crippen molar-refractivity contribution in [1.29, 1.82) is 0 Å². The maximum Gasteiger partial charge on any atom is 0.196 e. The van der Waals surface area contributed by atoms with E-state index in [4.69, 9.17) is 4.74 Å². The van der Waals surface area contributed by atoms with Crippen molar-refractivity contribution in [2.75, 3.05) is 12.9 Å². The Balaban J connectivity index is 1.92. The van der Waals surface area contributed by atoms with Crippen molar-refractivity contribution in [2.45, 2.75) is 4.90 Å². The van der Waals surface area contributed by atoms with Crippen LogP contribution >= 0.6 is 0 Å². The second-order valence-electron chi connectivity index (χ2n) is 5.12. The van der Waals surface area contributed by atoms with Gasteiger partial charge < -0.3 is 4.74 Å². The molecule has 0 aromatic heterocycles. The zero-order valence-electron chi connectivity index (χ0n) is 11.9. The van der Waals surface area contributed by atoms with Crippen LogP contribution in [0.5, 0.6) is 5.75 Å². The van der Waals surface area contributed by atoms with Crippen molar-refractivity contribution in [3.8, 4) is 5.75 Å². The number of rotatable bonds is 2. The third kappa shape index (κ3) is 2.80. The van der Waals surface area contributed by atoms with E-state index < -0.39 is 9.84 Å². The number of sulfone groups is 1. The fourth-order valence-corrected chi connectivity index (χ4v) is 2.92. The van der Waals surface area contributed by atoms with Crippen LogP contribution in [0.3, 0.4) is 0 Å². The minimum absolute atomic E-state index is 0.0611. The number of carbonyl (C=O) groups is 1. The van der Waals surface area contributed by atoms with Crippen molar-refractivity contribution in [1.82, 2.24) is 0 Å². The number of hydrogen-bond acceptors (Lipinski definition) is 4. The third-order valence-electron chi connectivity index (χ3n) is 3.46. The van der Waals surface area contributed by atoms with Gasteiger partial charge in [0.05, 0.1) is 10.5 Å². The summed E-state index contributed by atoms with van der Waals surface area (Å²) in [6.07, 6.45) is 2.89. The molecule has 1 heterocycles. The van der Waals surface area contributed by atoms with Gasteiger partial charge in [-0.15, -0.1) is 0 Å². The first-order valence-corrected chi connectivity index (χ1v) is 8.61. The van der Waals surface area contributed by atoms with Crippen molar-refractivity contribution >= 4 is 21.7 Å². The molecular formula is C17H14O4S. The Morgan fingerprint density at radius 1 is 1.05 bits per heavy atom. The lowest BCUT2D eigenvalue weighted by molar-refractivity contribution is 0.100. The lowest BCUT2D eigenvalue weighted by atomic mass is 9.98. The molecule has 4 nitrogen and oxygen atoms in total. The van der Waals surface area contributed by atoms with Crippen LogP contribution in [0.25, 0.3) is 6.08 Å². The first-order valence-electron chi connectivity index (χ1n) is 6.72. The van der Waals surface area contributed by atoms with E-state index in [1.807, 2.05) is 6.07 Å². The van der Waals surface area contributed by atoms with Crippen LogP contribution in [0.15, 0.2) is 59.0 Å². The fraction of sp³-hybridized carbons (Fsp3) is 0.118. The summed E-state index contributed by atoms with van der Waals surface area (Å²) in [4.78, 5) is 12.7. The Bertz CT molecular complexity index is 862. The maximum atomic E-state index is 12.4. The number of hydrogen-bond donors (Lipinski definition) is 0. The predicted octanol–water partition coefficient (Wildman–Crippen LogP) is 2.75. The van der Waals surface area contributed by atoms with Gasteiger partial charge in [-0.3, -0.25) is 4.79 Å². The molecule has 0 amide bonds. The molecule has 0 unspecified atom stereocenters. The highest BCUT2D eigenvalue weighted by molar-refractivity contribution is 7.90. The molecule has 0 bridgehead atoms. The summed E-state index contributed by atoms with van der Waals surface area (Å²) < 4.78 is 28.4. The summed E-state index contributed by atoms with van der Waals surface area (Å²) in [5, 5.41) is 0. The summed E-state index contributed by atoms with van der Waals surface area (Å²) in [5.74, 6) is 0.533. The summed E-state index contributed by atoms with van der Waals surface area (Å²) in [6.45, 7) is 0.212. The van der Waals surface area contributed by atoms with Gasteiger partial charge in [0.15, 0.2) is 15.6 Å². The van der Waals surface area contributed by atoms with Gasteiger partial charge in [0, 0.05) is 11.8 Å². The van der Waals surface area contributed by atoms with E-state index in [0.717, 1.165) is 11.8 Å². The third-order valence-corrected chi connectivity index (χ3v) is 4.58. The number of para-hydroxylation sites is 1. The molecule has 0 radical (unpaired) electrons. The second kappa shape index (κ2) is 5.42. The molecule has 0 aliphatic carbocycles. The molecule has 22 heavy (non-hydrogen) atoms. The molecule has 0 fully saturated rings. The van der Waals surface area contributed by atoms with Crippen LogP contribution in [-0.4, -0.2) is 27.1 Å². The standard InChI is InChI=1S/C17H14O4S/c1-22(19,20)14-8-6-12(7-9-14)10-13-11-21-16-5-3-2-4-15(16)17(13)18/h2-10H,11H2,1H3/b13-10+. The Labute approximate surface area is 129 Å². The van der Waals surface area contributed by atoms with Crippen LogP contribution in [0.4, 0.5) is 0 Å². The van der Waals surface area contributed by atoms with E-state index in [0.29, 0.717) is 16.9 Å². The van der Waals surface area contributed by atoms with Crippen molar-refractivity contribution in [2.24, 2.45) is 0 Å². The highest BCUT2D eigenvalue weighted by Crippen LogP contribution is 2.27. The molecular weight excluding hydrogens is 300 g/mol. The van der Waals surface area contributed by atoms with Gasteiger partial charge in [0.1, 0.15) is 12.4 Å². The Morgan fingerprint density at radius 3 is 2.41 bits per heavy atom. The molecule has 0 saturated carbocycles. The molecule has 5 heteroatoms. The lowest BCUT2D eigenvalue weighted by Crippen LogP contribution is -2.18. The van der Waals surface area contributed by atoms with Crippen LogP contribution < -0.4 is 4.74 Å². The number of benzene rings is 2. The Kier molecular flexibility index (Phi) is 3.58. The highest BCUT2D eigenvalue weighted by Gasteiger charge is 2.22. The van der Waals surface area contributed by atoms with Gasteiger partial charge in [-0.2, -0.15) is 0 Å². The average Bonchev–Trinajstić information content (AvgIpc) is 2.50. The van der Waals surface area contributed by atoms with Gasteiger partial charge in [-0.1, -0.05) is 24.3 Å². The van der Waals surface area contributed by atoms with Crippen LogP contribution in [0, 0.1) is 0 Å². The summed E-state index contributed by atoms with van der Waals surface area (Å²) in [5.41, 5.74) is 1.86. The van der Waals surface area contributed by atoms with E-state index >= 15 is 0 Å². The first kappa shape index (κ1) is 14.5. The lowest BCUT2D eigenvalue weighted by Gasteiger charge is -2.18. The molecule has 0 saturated heterocycles. The monoisotopic (exact) mass is 314 g/mol. The molecule has 3 rings (SSSR count). The van der Waals surface area contributed by atoms with Crippen molar-refractivity contribution in [3.63, 3.8) is 0 Å². The van der Waals surface area contributed by atoms with Gasteiger partial charge >= 0.3 is 0 Å². The largest absolute Gasteiger partial charge is 0.488 e. The van der Waals surface area contributed by atoms with Crippen LogP contribution in [0.2, 0.25) is 0 Å². The minimum atomic E-state index is -3.22. The topological polar surface area (TPSA) is 60.4 Å². The molecule has 112 valence electrons. The number of fused-ring (bicyclic) bond motifs is 1. The van der Waals surface area contributed by atoms with E-state index in [-0.39, 0.29) is 17.3 Å². The van der Waals surface area contributed by atoms with Crippen LogP contribution in [0.1, 0.15) is 15.9 Å². The minimum Gasteiger partial charge on any atom is -0.488 e. The van der Waals surface area contributed by atoms with E-state index in [9.17, 15) is 13.2 Å². The van der Waals surface area contributed by atoms with Crippen molar-refractivity contribution < 1.29 is 17.9 Å². The van der Waals surface area contributed by atoms with Crippen LogP contribution in [-0.2, 0) is 9.84 Å². The van der Waals surface area contributed by atoms with Gasteiger partial charge in [-0.25, -0.2) is 8.42 Å². The number of Topliss-reactive ketones (excluding diaryl/α,β-unsaturated/α-hetero) is 1. The molecule has 2 aromatic carbocycles. The van der Waals surface area contributed by atoms with Gasteiger partial charge in [0.2, 0.25) is 0 Å². The smallest absolute Gasteiger partial charge is 0.196 e. The Morgan fingerprint density at radius 2 is 1.73 bits per heavy atom. The SMILES string of the molecule is CS(=O)(=O)c1ccc(/C=C2\COc3ccccc3C2=O)cc1. The van der Waals surface area contributed by atoms with E-state index in [2.05, 4.69) is 0 Å². The molecule has 0 atom stereocenters. The fourth-order valence-electron chi connectivity index (χ4n) is 2.29. The zero-order chi connectivity index (χ0) is 15.7. The molecule has 1 aliphatic heterocycles. The Hall–Kier alpha value is -2.40.